The normalized spacial score (nSPS) is 22.5. The highest BCUT2D eigenvalue weighted by atomic mass is 16.5. The molecule has 1 aromatic heterocycles. The molecule has 2 aliphatic rings. The largest absolute Gasteiger partial charge is 0.381 e. The summed E-state index contributed by atoms with van der Waals surface area (Å²) in [6.45, 7) is 8.54. The molecule has 0 saturated carbocycles. The molecule has 4 heteroatoms. The van der Waals surface area contributed by atoms with E-state index >= 15 is 0 Å². The number of benzene rings is 1. The fraction of sp³-hybridized carbons (Fsp3) is 0.579. The molecule has 4 rings (SSSR count). The maximum Gasteiger partial charge on any atom is 0.0469 e. The predicted octanol–water partition coefficient (Wildman–Crippen LogP) is 2.85. The summed E-state index contributed by atoms with van der Waals surface area (Å²) >= 11 is 0. The minimum absolute atomic E-state index is 0.511. The molecule has 0 aliphatic carbocycles. The van der Waals surface area contributed by atoms with Gasteiger partial charge in [0.1, 0.15) is 0 Å². The quantitative estimate of drug-likeness (QED) is 0.915. The second-order valence-electron chi connectivity index (χ2n) is 6.89. The Hall–Kier alpha value is -1.36. The number of hydrogen-bond donors (Lipinski definition) is 2. The number of aromatic amines is 1. The fourth-order valence-electron chi connectivity index (χ4n) is 4.39. The van der Waals surface area contributed by atoms with E-state index in [1.165, 1.54) is 35.0 Å². The molecular formula is C19H27N3O. The average molecular weight is 313 g/mol. The van der Waals surface area contributed by atoms with E-state index in [0.717, 1.165) is 39.4 Å². The van der Waals surface area contributed by atoms with E-state index in [1.807, 2.05) is 0 Å². The third-order valence-corrected chi connectivity index (χ3v) is 5.50. The smallest absolute Gasteiger partial charge is 0.0469 e. The second-order valence-corrected chi connectivity index (χ2v) is 6.89. The van der Waals surface area contributed by atoms with Crippen molar-refractivity contribution >= 4 is 10.9 Å². The van der Waals surface area contributed by atoms with Crippen LogP contribution in [0.15, 0.2) is 24.3 Å². The first kappa shape index (κ1) is 15.2. The van der Waals surface area contributed by atoms with Gasteiger partial charge in [-0.2, -0.15) is 0 Å². The van der Waals surface area contributed by atoms with Gasteiger partial charge in [0, 0.05) is 62.0 Å². The van der Waals surface area contributed by atoms with Crippen LogP contribution < -0.4 is 5.32 Å². The van der Waals surface area contributed by atoms with Gasteiger partial charge >= 0.3 is 0 Å². The molecule has 2 fully saturated rings. The van der Waals surface area contributed by atoms with Gasteiger partial charge in [0.15, 0.2) is 0 Å². The van der Waals surface area contributed by atoms with Gasteiger partial charge in [-0.15, -0.1) is 0 Å². The Balaban J connectivity index is 1.77. The Bertz CT molecular complexity index is 636. The molecule has 1 aromatic carbocycles. The molecule has 0 bridgehead atoms. The van der Waals surface area contributed by atoms with Crippen molar-refractivity contribution in [2.75, 3.05) is 39.4 Å². The van der Waals surface area contributed by atoms with E-state index in [2.05, 4.69) is 46.4 Å². The van der Waals surface area contributed by atoms with Crippen LogP contribution in [0.25, 0.3) is 10.9 Å². The maximum atomic E-state index is 5.63. The number of fused-ring (bicyclic) bond motifs is 1. The van der Waals surface area contributed by atoms with Crippen molar-refractivity contribution in [2.24, 2.45) is 5.92 Å². The number of aromatic nitrogens is 1. The second kappa shape index (κ2) is 6.63. The standard InChI is InChI=1S/C19H27N3O/c1-14-18(16-4-2-3-5-17(16)21-14)19(15-6-12-23-13-7-15)22-10-8-20-9-11-22/h2-5,15,19-21H,6-13H2,1H3/t19-/m1/s1. The van der Waals surface area contributed by atoms with Crippen molar-refractivity contribution in [3.63, 3.8) is 0 Å². The first-order chi connectivity index (χ1) is 11.3. The van der Waals surface area contributed by atoms with Crippen LogP contribution in [0.4, 0.5) is 0 Å². The Labute approximate surface area is 138 Å². The van der Waals surface area contributed by atoms with E-state index in [0.29, 0.717) is 12.0 Å². The van der Waals surface area contributed by atoms with Gasteiger partial charge < -0.3 is 15.0 Å². The van der Waals surface area contributed by atoms with Crippen LogP contribution in [-0.2, 0) is 4.74 Å². The van der Waals surface area contributed by atoms with Gasteiger partial charge in [0.05, 0.1) is 0 Å². The number of hydrogen-bond acceptors (Lipinski definition) is 3. The van der Waals surface area contributed by atoms with Crippen molar-refractivity contribution in [3.8, 4) is 0 Å². The molecule has 0 unspecified atom stereocenters. The molecule has 4 nitrogen and oxygen atoms in total. The Kier molecular flexibility index (Phi) is 4.38. The topological polar surface area (TPSA) is 40.3 Å². The van der Waals surface area contributed by atoms with Crippen LogP contribution in [0.2, 0.25) is 0 Å². The van der Waals surface area contributed by atoms with Crippen LogP contribution in [-0.4, -0.2) is 49.3 Å². The Morgan fingerprint density at radius 1 is 1.13 bits per heavy atom. The van der Waals surface area contributed by atoms with Gasteiger partial charge in [-0.05, 0) is 37.3 Å². The number of para-hydroxylation sites is 1. The highest BCUT2D eigenvalue weighted by Gasteiger charge is 2.33. The zero-order valence-corrected chi connectivity index (χ0v) is 14.0. The van der Waals surface area contributed by atoms with Crippen molar-refractivity contribution in [1.82, 2.24) is 15.2 Å². The zero-order chi connectivity index (χ0) is 15.6. The number of nitrogens with one attached hydrogen (secondary N) is 2. The lowest BCUT2D eigenvalue weighted by Crippen LogP contribution is -2.47. The van der Waals surface area contributed by atoms with Crippen LogP contribution in [0.5, 0.6) is 0 Å². The third-order valence-electron chi connectivity index (χ3n) is 5.50. The third kappa shape index (κ3) is 2.91. The van der Waals surface area contributed by atoms with E-state index in [1.54, 1.807) is 0 Å². The molecular weight excluding hydrogens is 286 g/mol. The summed E-state index contributed by atoms with van der Waals surface area (Å²) in [6, 6.07) is 9.28. The minimum Gasteiger partial charge on any atom is -0.381 e. The molecule has 3 heterocycles. The first-order valence-corrected chi connectivity index (χ1v) is 8.94. The fourth-order valence-corrected chi connectivity index (χ4v) is 4.39. The minimum atomic E-state index is 0.511. The molecule has 124 valence electrons. The summed E-state index contributed by atoms with van der Waals surface area (Å²) in [7, 11) is 0. The van der Waals surface area contributed by atoms with E-state index in [4.69, 9.17) is 4.74 Å². The lowest BCUT2D eigenvalue weighted by molar-refractivity contribution is 0.0215. The van der Waals surface area contributed by atoms with E-state index in [-0.39, 0.29) is 0 Å². The molecule has 2 saturated heterocycles. The summed E-state index contributed by atoms with van der Waals surface area (Å²) in [5.74, 6) is 0.694. The maximum absolute atomic E-state index is 5.63. The zero-order valence-electron chi connectivity index (χ0n) is 14.0. The van der Waals surface area contributed by atoms with Crippen molar-refractivity contribution < 1.29 is 4.74 Å². The van der Waals surface area contributed by atoms with Crippen LogP contribution in [0.3, 0.4) is 0 Å². The predicted molar refractivity (Wildman–Crippen MR) is 93.8 cm³/mol. The number of ether oxygens (including phenoxy) is 1. The number of piperazine rings is 1. The highest BCUT2D eigenvalue weighted by molar-refractivity contribution is 5.85. The number of H-pyrrole nitrogens is 1. The summed E-state index contributed by atoms with van der Waals surface area (Å²) in [5.41, 5.74) is 4.13. The number of rotatable bonds is 3. The first-order valence-electron chi connectivity index (χ1n) is 8.94. The monoisotopic (exact) mass is 313 g/mol. The number of nitrogens with zero attached hydrogens (tertiary/aromatic N) is 1. The molecule has 1 atom stereocenters. The molecule has 0 spiro atoms. The van der Waals surface area contributed by atoms with Crippen LogP contribution >= 0.6 is 0 Å². The summed E-state index contributed by atoms with van der Waals surface area (Å²) in [5, 5.41) is 4.90. The summed E-state index contributed by atoms with van der Waals surface area (Å²) in [6.07, 6.45) is 2.35. The van der Waals surface area contributed by atoms with Gasteiger partial charge in [-0.25, -0.2) is 0 Å². The molecule has 0 amide bonds. The van der Waals surface area contributed by atoms with E-state index < -0.39 is 0 Å². The molecule has 23 heavy (non-hydrogen) atoms. The van der Waals surface area contributed by atoms with Crippen LogP contribution in [0, 0.1) is 12.8 Å². The van der Waals surface area contributed by atoms with Gasteiger partial charge in [-0.3, -0.25) is 4.90 Å². The average Bonchev–Trinajstić information content (AvgIpc) is 2.94. The lowest BCUT2D eigenvalue weighted by Gasteiger charge is -2.41. The lowest BCUT2D eigenvalue weighted by atomic mass is 9.84. The highest BCUT2D eigenvalue weighted by Crippen LogP contribution is 2.40. The van der Waals surface area contributed by atoms with Crippen LogP contribution in [0.1, 0.15) is 30.1 Å². The Morgan fingerprint density at radius 3 is 2.65 bits per heavy atom. The molecule has 2 aromatic rings. The Morgan fingerprint density at radius 2 is 1.87 bits per heavy atom. The van der Waals surface area contributed by atoms with Crippen molar-refractivity contribution in [3.05, 3.63) is 35.5 Å². The van der Waals surface area contributed by atoms with E-state index in [9.17, 15) is 0 Å². The van der Waals surface area contributed by atoms with Gasteiger partial charge in [-0.1, -0.05) is 18.2 Å². The SMILES string of the molecule is Cc1[nH]c2ccccc2c1[C@@H](C1CCOCC1)N1CCNCC1. The summed E-state index contributed by atoms with van der Waals surface area (Å²) in [4.78, 5) is 6.32. The van der Waals surface area contributed by atoms with Crippen molar-refractivity contribution in [2.45, 2.75) is 25.8 Å². The van der Waals surface area contributed by atoms with Gasteiger partial charge in [0.2, 0.25) is 0 Å². The van der Waals surface area contributed by atoms with Crippen molar-refractivity contribution in [1.29, 1.82) is 0 Å². The molecule has 2 N–H and O–H groups in total. The summed E-state index contributed by atoms with van der Waals surface area (Å²) < 4.78 is 5.63. The number of aryl methyl sites for hydroxylation is 1. The van der Waals surface area contributed by atoms with Gasteiger partial charge in [0.25, 0.3) is 0 Å². The molecule has 0 radical (unpaired) electrons. The molecule has 2 aliphatic heterocycles.